The van der Waals surface area contributed by atoms with E-state index in [4.69, 9.17) is 0 Å². The Balaban J connectivity index is 2.63. The Kier molecular flexibility index (Phi) is 5.49. The standard InChI is InChI=1S/C11H21N5O2S/c1-5-12-11-14-9(2)8-10(15-11)13-6-7-19(17,18)16(3)4/h8H,5-7H2,1-4H3,(H2,12,13,14,15). The first-order valence-corrected chi connectivity index (χ1v) is 7.69. The maximum atomic E-state index is 11.6. The summed E-state index contributed by atoms with van der Waals surface area (Å²) in [4.78, 5) is 8.47. The maximum Gasteiger partial charge on any atom is 0.224 e. The van der Waals surface area contributed by atoms with Gasteiger partial charge in [0.15, 0.2) is 0 Å². The van der Waals surface area contributed by atoms with Crippen LogP contribution in [0.3, 0.4) is 0 Å². The number of rotatable bonds is 7. The van der Waals surface area contributed by atoms with E-state index < -0.39 is 10.0 Å². The van der Waals surface area contributed by atoms with Crippen molar-refractivity contribution in [2.45, 2.75) is 13.8 Å². The Hall–Kier alpha value is -1.41. The van der Waals surface area contributed by atoms with Crippen LogP contribution in [-0.2, 0) is 10.0 Å². The molecule has 19 heavy (non-hydrogen) atoms. The molecule has 1 heterocycles. The molecule has 0 aromatic carbocycles. The van der Waals surface area contributed by atoms with Gasteiger partial charge in [0.25, 0.3) is 0 Å². The molecule has 7 nitrogen and oxygen atoms in total. The number of sulfonamides is 1. The molecule has 2 N–H and O–H groups in total. The Bertz CT molecular complexity index is 516. The summed E-state index contributed by atoms with van der Waals surface area (Å²) in [6.45, 7) is 4.87. The molecule has 108 valence electrons. The maximum absolute atomic E-state index is 11.6. The molecule has 0 saturated carbocycles. The number of hydrogen-bond donors (Lipinski definition) is 2. The fraction of sp³-hybridized carbons (Fsp3) is 0.636. The van der Waals surface area contributed by atoms with Crippen LogP contribution in [0.2, 0.25) is 0 Å². The van der Waals surface area contributed by atoms with E-state index in [2.05, 4.69) is 20.6 Å². The van der Waals surface area contributed by atoms with Crippen molar-refractivity contribution in [1.82, 2.24) is 14.3 Å². The zero-order valence-electron chi connectivity index (χ0n) is 11.8. The van der Waals surface area contributed by atoms with Crippen LogP contribution in [0.1, 0.15) is 12.6 Å². The number of aryl methyl sites for hydroxylation is 1. The van der Waals surface area contributed by atoms with E-state index in [0.29, 0.717) is 18.3 Å². The average molecular weight is 287 g/mol. The molecule has 1 rings (SSSR count). The number of nitrogens with one attached hydrogen (secondary N) is 2. The van der Waals surface area contributed by atoms with Gasteiger partial charge in [0.05, 0.1) is 5.75 Å². The highest BCUT2D eigenvalue weighted by molar-refractivity contribution is 7.89. The lowest BCUT2D eigenvalue weighted by atomic mass is 10.4. The fourth-order valence-electron chi connectivity index (χ4n) is 1.39. The molecule has 0 atom stereocenters. The van der Waals surface area contributed by atoms with Crippen molar-refractivity contribution in [2.75, 3.05) is 43.6 Å². The number of anilines is 2. The van der Waals surface area contributed by atoms with Gasteiger partial charge >= 0.3 is 0 Å². The number of hydrogen-bond acceptors (Lipinski definition) is 6. The molecule has 8 heteroatoms. The van der Waals surface area contributed by atoms with E-state index in [9.17, 15) is 8.42 Å². The molecule has 0 aliphatic heterocycles. The second-order valence-electron chi connectivity index (χ2n) is 4.27. The van der Waals surface area contributed by atoms with Gasteiger partial charge in [0.2, 0.25) is 16.0 Å². The topological polar surface area (TPSA) is 87.2 Å². The van der Waals surface area contributed by atoms with Crippen LogP contribution in [0.25, 0.3) is 0 Å². The summed E-state index contributed by atoms with van der Waals surface area (Å²) < 4.78 is 24.4. The van der Waals surface area contributed by atoms with E-state index in [1.165, 1.54) is 18.4 Å². The van der Waals surface area contributed by atoms with Gasteiger partial charge in [-0.05, 0) is 13.8 Å². The van der Waals surface area contributed by atoms with E-state index in [0.717, 1.165) is 12.2 Å². The predicted octanol–water partition coefficient (Wildman–Crippen LogP) is 0.520. The van der Waals surface area contributed by atoms with Crippen LogP contribution in [0.15, 0.2) is 6.07 Å². The minimum absolute atomic E-state index is 0.0274. The van der Waals surface area contributed by atoms with Crippen LogP contribution in [0.4, 0.5) is 11.8 Å². The van der Waals surface area contributed by atoms with Crippen molar-refractivity contribution in [3.63, 3.8) is 0 Å². The van der Waals surface area contributed by atoms with Crippen molar-refractivity contribution in [2.24, 2.45) is 0 Å². The molecule has 0 aliphatic rings. The largest absolute Gasteiger partial charge is 0.369 e. The van der Waals surface area contributed by atoms with Gasteiger partial charge in [-0.1, -0.05) is 0 Å². The summed E-state index contributed by atoms with van der Waals surface area (Å²) >= 11 is 0. The highest BCUT2D eigenvalue weighted by Gasteiger charge is 2.12. The third-order valence-corrected chi connectivity index (χ3v) is 4.24. The normalized spacial score (nSPS) is 11.6. The molecule has 0 aliphatic carbocycles. The third-order valence-electron chi connectivity index (χ3n) is 2.41. The number of nitrogens with zero attached hydrogens (tertiary/aromatic N) is 3. The van der Waals surface area contributed by atoms with Crippen LogP contribution in [0, 0.1) is 6.92 Å². The first kappa shape index (κ1) is 15.6. The Morgan fingerprint density at radius 3 is 2.53 bits per heavy atom. The SMILES string of the molecule is CCNc1nc(C)cc(NCCS(=O)(=O)N(C)C)n1. The molecule has 0 radical (unpaired) electrons. The minimum Gasteiger partial charge on any atom is -0.369 e. The van der Waals surface area contributed by atoms with Crippen molar-refractivity contribution < 1.29 is 8.42 Å². The fourth-order valence-corrected chi connectivity index (χ4v) is 2.11. The van der Waals surface area contributed by atoms with Crippen LogP contribution in [0.5, 0.6) is 0 Å². The first-order chi connectivity index (χ1) is 8.85. The summed E-state index contributed by atoms with van der Waals surface area (Å²) in [5.41, 5.74) is 0.823. The van der Waals surface area contributed by atoms with Gasteiger partial charge in [-0.25, -0.2) is 17.7 Å². The lowest BCUT2D eigenvalue weighted by molar-refractivity contribution is 0.521. The Morgan fingerprint density at radius 2 is 1.95 bits per heavy atom. The highest BCUT2D eigenvalue weighted by Crippen LogP contribution is 2.09. The minimum atomic E-state index is -3.19. The van der Waals surface area contributed by atoms with E-state index >= 15 is 0 Å². The third kappa shape index (κ3) is 4.99. The van der Waals surface area contributed by atoms with Gasteiger partial charge in [0, 0.05) is 38.9 Å². The Morgan fingerprint density at radius 1 is 1.26 bits per heavy atom. The monoisotopic (exact) mass is 287 g/mol. The van der Waals surface area contributed by atoms with Gasteiger partial charge in [-0.3, -0.25) is 0 Å². The molecule has 0 bridgehead atoms. The quantitative estimate of drug-likeness (QED) is 0.760. The smallest absolute Gasteiger partial charge is 0.224 e. The lowest BCUT2D eigenvalue weighted by Gasteiger charge is -2.12. The highest BCUT2D eigenvalue weighted by atomic mass is 32.2. The molecular weight excluding hydrogens is 266 g/mol. The van der Waals surface area contributed by atoms with Crippen molar-refractivity contribution in [1.29, 1.82) is 0 Å². The summed E-state index contributed by atoms with van der Waals surface area (Å²) in [6.07, 6.45) is 0. The predicted molar refractivity (Wildman–Crippen MR) is 76.9 cm³/mol. The molecule has 1 aromatic rings. The van der Waals surface area contributed by atoms with Gasteiger partial charge in [-0.2, -0.15) is 4.98 Å². The van der Waals surface area contributed by atoms with Gasteiger partial charge in [-0.15, -0.1) is 0 Å². The van der Waals surface area contributed by atoms with Crippen LogP contribution >= 0.6 is 0 Å². The summed E-state index contributed by atoms with van der Waals surface area (Å²) in [5, 5.41) is 6.02. The van der Waals surface area contributed by atoms with Gasteiger partial charge < -0.3 is 10.6 Å². The molecule has 0 amide bonds. The van der Waals surface area contributed by atoms with Crippen LogP contribution < -0.4 is 10.6 Å². The van der Waals surface area contributed by atoms with Crippen molar-refractivity contribution >= 4 is 21.8 Å². The molecule has 0 saturated heterocycles. The number of aromatic nitrogens is 2. The molecule has 0 unspecified atom stereocenters. The second kappa shape index (κ2) is 6.67. The Labute approximate surface area is 114 Å². The average Bonchev–Trinajstić information content (AvgIpc) is 2.28. The van der Waals surface area contributed by atoms with Gasteiger partial charge in [0.1, 0.15) is 5.82 Å². The summed E-state index contributed by atoms with van der Waals surface area (Å²) in [5.74, 6) is 1.19. The molecular formula is C11H21N5O2S. The van der Waals surface area contributed by atoms with E-state index in [1.807, 2.05) is 13.8 Å². The van der Waals surface area contributed by atoms with Crippen molar-refractivity contribution in [3.8, 4) is 0 Å². The zero-order chi connectivity index (χ0) is 14.5. The zero-order valence-corrected chi connectivity index (χ0v) is 12.6. The summed E-state index contributed by atoms with van der Waals surface area (Å²) in [6, 6.07) is 1.78. The van der Waals surface area contributed by atoms with Crippen molar-refractivity contribution in [3.05, 3.63) is 11.8 Å². The second-order valence-corrected chi connectivity index (χ2v) is 6.58. The first-order valence-electron chi connectivity index (χ1n) is 6.09. The molecule has 0 spiro atoms. The molecule has 1 aromatic heterocycles. The summed E-state index contributed by atoms with van der Waals surface area (Å²) in [7, 11) is -0.144. The van der Waals surface area contributed by atoms with E-state index in [-0.39, 0.29) is 5.75 Å². The lowest BCUT2D eigenvalue weighted by Crippen LogP contribution is -2.28. The molecule has 0 fully saturated rings. The van der Waals surface area contributed by atoms with E-state index in [1.54, 1.807) is 6.07 Å². The van der Waals surface area contributed by atoms with Crippen LogP contribution in [-0.4, -0.2) is 55.6 Å².